The highest BCUT2D eigenvalue weighted by Gasteiger charge is 2.36. The van der Waals surface area contributed by atoms with Crippen LogP contribution in [0.2, 0.25) is 0 Å². The van der Waals surface area contributed by atoms with Crippen molar-refractivity contribution >= 4 is 18.5 Å². The number of nitrogens with zero attached hydrogens (tertiary/aromatic N) is 2. The van der Waals surface area contributed by atoms with Gasteiger partial charge in [-0.25, -0.2) is 17.7 Å². The second kappa shape index (κ2) is 57.7. The number of hydrogen-bond donors (Lipinski definition) is 6. The second-order valence-electron chi connectivity index (χ2n) is 10.0. The van der Waals surface area contributed by atoms with Gasteiger partial charge in [0.15, 0.2) is 0 Å². The van der Waals surface area contributed by atoms with Crippen molar-refractivity contribution in [2.75, 3.05) is 73.6 Å². The van der Waals surface area contributed by atoms with Crippen molar-refractivity contribution in [1.29, 1.82) is 0 Å². The molecule has 312 valence electrons. The van der Waals surface area contributed by atoms with E-state index in [4.69, 9.17) is 20.2 Å². The maximum Gasteiger partial charge on any atom is 1.00 e. The molecule has 0 radical (unpaired) electrons. The molecule has 11 N–H and O–H groups in total. The predicted octanol–water partition coefficient (Wildman–Crippen LogP) is 4.51. The SMILES string of the molecule is C.C=NOCCC.CCCOC.CCCON.CCCON.CCCON1C(=O)c2ccccc2C1=O.COCCNCCCCCCON.NN.[H+]. The number of hydrazine groups is 1. The van der Waals surface area contributed by atoms with E-state index in [-0.39, 0.29) is 20.7 Å². The molecule has 0 fully saturated rings. The highest BCUT2D eigenvalue weighted by Crippen LogP contribution is 2.22. The van der Waals surface area contributed by atoms with Gasteiger partial charge in [-0.2, -0.15) is 0 Å². The zero-order valence-corrected chi connectivity index (χ0v) is 32.7. The maximum absolute atomic E-state index is 11.7. The van der Waals surface area contributed by atoms with E-state index in [0.29, 0.717) is 44.2 Å². The lowest BCUT2D eigenvalue weighted by Crippen LogP contribution is -2.30. The second-order valence-corrected chi connectivity index (χ2v) is 10.0. The van der Waals surface area contributed by atoms with Crippen LogP contribution >= 0.6 is 0 Å². The highest BCUT2D eigenvalue weighted by atomic mass is 16.7. The molecule has 1 aliphatic rings. The number of unbranched alkanes of at least 4 members (excludes halogenated alkanes) is 3. The number of hydroxylamine groups is 2. The van der Waals surface area contributed by atoms with Crippen LogP contribution in [0.15, 0.2) is 29.4 Å². The third-order valence-electron chi connectivity index (χ3n) is 5.47. The maximum atomic E-state index is 11.7. The van der Waals surface area contributed by atoms with Crippen molar-refractivity contribution in [3.63, 3.8) is 0 Å². The summed E-state index contributed by atoms with van der Waals surface area (Å²) >= 11 is 0. The number of carbonyl (C=O) groups excluding carboxylic acids is 2. The van der Waals surface area contributed by atoms with Crippen LogP contribution in [-0.4, -0.2) is 97.2 Å². The minimum Gasteiger partial charge on any atom is -0.396 e. The molecule has 52 heavy (non-hydrogen) atoms. The largest absolute Gasteiger partial charge is 1.00 e. The summed E-state index contributed by atoms with van der Waals surface area (Å²) in [5.41, 5.74) is 0.831. The lowest BCUT2D eigenvalue weighted by molar-refractivity contribution is -0.0909. The molecule has 0 saturated carbocycles. The van der Waals surface area contributed by atoms with Crippen LogP contribution in [0.3, 0.4) is 0 Å². The van der Waals surface area contributed by atoms with E-state index in [1.807, 2.05) is 27.7 Å². The predicted molar refractivity (Wildman–Crippen MR) is 212 cm³/mol. The summed E-state index contributed by atoms with van der Waals surface area (Å²) in [7, 11) is 3.43. The van der Waals surface area contributed by atoms with Gasteiger partial charge in [0, 0.05) is 34.1 Å². The molecule has 0 aliphatic carbocycles. The number of nitrogens with two attached hydrogens (primary N) is 5. The van der Waals surface area contributed by atoms with E-state index < -0.39 is 0 Å². The van der Waals surface area contributed by atoms with Crippen LogP contribution in [0.5, 0.6) is 0 Å². The summed E-state index contributed by atoms with van der Waals surface area (Å²) in [6, 6.07) is 6.72. The fourth-order valence-electron chi connectivity index (χ4n) is 3.15. The molecule has 1 aliphatic heterocycles. The number of nitrogens with one attached hydrogen (secondary N) is 1. The monoisotopic (exact) mass is 756 g/mol. The number of carbonyl (C=O) groups is 2. The lowest BCUT2D eigenvalue weighted by atomic mass is 10.1. The number of methoxy groups -OCH3 is 2. The summed E-state index contributed by atoms with van der Waals surface area (Å²) in [5.74, 6) is 21.4. The summed E-state index contributed by atoms with van der Waals surface area (Å²) in [5, 5.41) is 7.31. The van der Waals surface area contributed by atoms with E-state index >= 15 is 0 Å². The molecule has 1 heterocycles. The van der Waals surface area contributed by atoms with E-state index in [2.05, 4.69) is 66.9 Å². The number of hydrogen-bond acceptors (Lipinski definition) is 16. The van der Waals surface area contributed by atoms with Crippen LogP contribution in [-0.2, 0) is 33.7 Å². The van der Waals surface area contributed by atoms with Crippen LogP contribution < -0.4 is 34.7 Å². The Hall–Kier alpha value is -2.65. The molecule has 2 amide bonds. The highest BCUT2D eigenvalue weighted by molar-refractivity contribution is 6.20. The molecule has 17 nitrogen and oxygen atoms in total. The van der Waals surface area contributed by atoms with Crippen molar-refractivity contribution in [2.24, 2.45) is 34.5 Å². The Morgan fingerprint density at radius 3 is 1.42 bits per heavy atom. The van der Waals surface area contributed by atoms with Crippen LogP contribution in [0.25, 0.3) is 0 Å². The van der Waals surface area contributed by atoms with Crippen LogP contribution in [0, 0.1) is 0 Å². The van der Waals surface area contributed by atoms with Gasteiger partial charge in [0.05, 0.1) is 44.2 Å². The summed E-state index contributed by atoms with van der Waals surface area (Å²) in [6.45, 7) is 19.9. The molecule has 0 atom stereocenters. The summed E-state index contributed by atoms with van der Waals surface area (Å²) in [6.07, 6.45) is 9.59. The number of ether oxygens (including phenoxy) is 2. The van der Waals surface area contributed by atoms with Crippen LogP contribution in [0.1, 0.15) is 122 Å². The summed E-state index contributed by atoms with van der Waals surface area (Å²) in [4.78, 5) is 45.8. The number of amides is 2. The normalized spacial score (nSPS) is 10.3. The number of oxime groups is 1. The quantitative estimate of drug-likeness (QED) is 0.0313. The summed E-state index contributed by atoms with van der Waals surface area (Å²) < 4.78 is 9.60. The fraction of sp³-hybridized carbons (Fsp3) is 0.743. The molecule has 1 aromatic carbocycles. The smallest absolute Gasteiger partial charge is 0.396 e. The first-order chi connectivity index (χ1) is 24.8. The molecule has 0 spiro atoms. The molecule has 0 saturated heterocycles. The molecular weight excluding hydrogens is 676 g/mol. The number of fused-ring (bicyclic) bond motifs is 1. The van der Waals surface area contributed by atoms with Crippen LogP contribution in [0.4, 0.5) is 0 Å². The van der Waals surface area contributed by atoms with E-state index in [1.54, 1.807) is 38.5 Å². The Morgan fingerprint density at radius 2 is 1.10 bits per heavy atom. The minimum atomic E-state index is -0.371. The third-order valence-corrected chi connectivity index (χ3v) is 5.47. The van der Waals surface area contributed by atoms with Gasteiger partial charge in [-0.15, -0.1) is 10.2 Å². The Kier molecular flexibility index (Phi) is 68.1. The molecule has 2 rings (SSSR count). The average Bonchev–Trinajstić information content (AvgIpc) is 3.40. The first kappa shape index (κ1) is 61.4. The van der Waals surface area contributed by atoms with E-state index in [1.165, 1.54) is 19.3 Å². The van der Waals surface area contributed by atoms with Gasteiger partial charge >= 0.3 is 1.43 Å². The average molecular weight is 756 g/mol. The molecule has 0 bridgehead atoms. The van der Waals surface area contributed by atoms with Gasteiger partial charge in [0.1, 0.15) is 6.61 Å². The van der Waals surface area contributed by atoms with Gasteiger partial charge in [-0.1, -0.05) is 67.0 Å². The topological polar surface area (TPSA) is 256 Å². The fourth-order valence-corrected chi connectivity index (χ4v) is 3.15. The lowest BCUT2D eigenvalue weighted by Gasteiger charge is -2.11. The number of benzene rings is 1. The van der Waals surface area contributed by atoms with Gasteiger partial charge in [-0.3, -0.25) is 26.1 Å². The number of rotatable bonds is 22. The van der Waals surface area contributed by atoms with Crippen molar-refractivity contribution in [2.45, 2.75) is 99.8 Å². The first-order valence-electron chi connectivity index (χ1n) is 17.5. The van der Waals surface area contributed by atoms with Gasteiger partial charge < -0.3 is 34.1 Å². The van der Waals surface area contributed by atoms with Gasteiger partial charge in [0.25, 0.3) is 11.8 Å². The third kappa shape index (κ3) is 45.4. The Morgan fingerprint density at radius 1 is 0.654 bits per heavy atom. The zero-order chi connectivity index (χ0) is 39.8. The Balaban J connectivity index is -0.000000101. The molecular formula is C35H79N8O9+. The first-order valence-corrected chi connectivity index (χ1v) is 17.5. The van der Waals surface area contributed by atoms with E-state index in [9.17, 15) is 9.59 Å². The zero-order valence-electron chi connectivity index (χ0n) is 33.7. The van der Waals surface area contributed by atoms with Gasteiger partial charge in [0.2, 0.25) is 0 Å². The van der Waals surface area contributed by atoms with Gasteiger partial charge in [-0.05, 0) is 63.6 Å². The Labute approximate surface area is 316 Å². The van der Waals surface area contributed by atoms with Crippen molar-refractivity contribution < 1.29 is 44.7 Å². The molecule has 1 aromatic rings. The molecule has 17 heteroatoms. The van der Waals surface area contributed by atoms with Crippen molar-refractivity contribution in [3.05, 3.63) is 35.4 Å². The molecule has 0 unspecified atom stereocenters. The van der Waals surface area contributed by atoms with E-state index in [0.717, 1.165) is 69.9 Å². The molecule has 0 aromatic heterocycles. The standard InChI is InChI=1S/C11H11NO3.C9H22N2O2.C4H9NO.C4H10O.2C3H9NO.CH4.H4N2/c1-2-7-15-12-10(13)8-5-3-4-6-9(8)11(12)14;1-12-9-7-11-6-4-2-3-5-8-13-10;1-3-4-6-5-2;1-3-4-5-2;2*1-2-3-5-4;;1-2/h3-6H,2,7H2,1H3;11H,2-10H2,1H3;2-4H2,1H3;3-4H2,1-2H3;2*2-4H2,1H3;1H4;1-2H2/p+1. The minimum absolute atomic E-state index is 0. The van der Waals surface area contributed by atoms with Crippen molar-refractivity contribution in [3.8, 4) is 0 Å². The van der Waals surface area contributed by atoms with Crippen molar-refractivity contribution in [1.82, 2.24) is 10.4 Å². The number of imide groups is 1. The Bertz CT molecular complexity index is 774.